The van der Waals surface area contributed by atoms with Gasteiger partial charge >= 0.3 is 6.18 Å². The molecule has 1 aromatic carbocycles. The van der Waals surface area contributed by atoms with Gasteiger partial charge in [0, 0.05) is 13.1 Å². The molecule has 0 aliphatic heterocycles. The highest BCUT2D eigenvalue weighted by Gasteiger charge is 2.30. The van der Waals surface area contributed by atoms with Crippen LogP contribution in [0, 0.1) is 0 Å². The number of imidazole rings is 1. The Kier molecular flexibility index (Phi) is 5.02. The predicted octanol–water partition coefficient (Wildman–Crippen LogP) is 3.76. The number of nitrogens with zero attached hydrogens (tertiary/aromatic N) is 5. The van der Waals surface area contributed by atoms with E-state index in [1.807, 2.05) is 11.5 Å². The summed E-state index contributed by atoms with van der Waals surface area (Å²) < 4.78 is 45.3. The van der Waals surface area contributed by atoms with E-state index in [4.69, 9.17) is 5.73 Å². The highest BCUT2D eigenvalue weighted by Crippen LogP contribution is 2.31. The van der Waals surface area contributed by atoms with Gasteiger partial charge in [-0.05, 0) is 35.3 Å². The monoisotopic (exact) mass is 417 g/mol. The number of pyridine rings is 1. The molecule has 0 saturated heterocycles. The fourth-order valence-corrected chi connectivity index (χ4v) is 3.30. The van der Waals surface area contributed by atoms with E-state index in [0.717, 1.165) is 17.6 Å². The molecule has 156 valence electrons. The molecule has 0 unspecified atom stereocenters. The van der Waals surface area contributed by atoms with Crippen molar-refractivity contribution in [2.45, 2.75) is 26.1 Å². The molecular weight excluding hydrogens is 399 g/mol. The maximum absolute atomic E-state index is 12.9. The number of halogens is 3. The van der Waals surface area contributed by atoms with Crippen molar-refractivity contribution < 1.29 is 17.8 Å². The van der Waals surface area contributed by atoms with Gasteiger partial charge in [-0.2, -0.15) is 13.2 Å². The Morgan fingerprint density at radius 1 is 1.20 bits per heavy atom. The average Bonchev–Trinajstić information content (AvgIpc) is 3.30. The molecule has 3 heterocycles. The molecule has 11 heteroatoms. The number of hydrogen-bond donors (Lipinski definition) is 2. The number of rotatable bonds is 6. The van der Waals surface area contributed by atoms with Crippen LogP contribution < -0.4 is 11.1 Å². The van der Waals surface area contributed by atoms with Crippen molar-refractivity contribution >= 4 is 22.5 Å². The number of alkyl halides is 3. The topological polar surface area (TPSA) is 108 Å². The molecule has 0 amide bonds. The first-order valence-corrected chi connectivity index (χ1v) is 9.21. The molecule has 3 N–H and O–H groups in total. The van der Waals surface area contributed by atoms with Crippen LogP contribution in [0.15, 0.2) is 41.3 Å². The summed E-state index contributed by atoms with van der Waals surface area (Å²) >= 11 is 0. The molecule has 30 heavy (non-hydrogen) atoms. The normalized spacial score (nSPS) is 11.9. The van der Waals surface area contributed by atoms with Crippen LogP contribution in [0.2, 0.25) is 0 Å². The molecule has 0 atom stereocenters. The maximum atomic E-state index is 12.9. The molecule has 0 aliphatic rings. The van der Waals surface area contributed by atoms with Crippen molar-refractivity contribution in [3.8, 4) is 11.5 Å². The number of fused-ring (bicyclic) bond motifs is 1. The van der Waals surface area contributed by atoms with E-state index in [-0.39, 0.29) is 5.82 Å². The highest BCUT2D eigenvalue weighted by molar-refractivity contribution is 5.90. The van der Waals surface area contributed by atoms with E-state index in [2.05, 4.69) is 30.2 Å². The summed E-state index contributed by atoms with van der Waals surface area (Å²) in [7, 11) is 0. The maximum Gasteiger partial charge on any atom is 0.416 e. The van der Waals surface area contributed by atoms with Gasteiger partial charge in [-0.3, -0.25) is 4.98 Å². The van der Waals surface area contributed by atoms with E-state index >= 15 is 0 Å². The number of nitrogen functional groups attached to an aromatic ring is 1. The third kappa shape index (κ3) is 3.65. The summed E-state index contributed by atoms with van der Waals surface area (Å²) in [6, 6.07) is 5.31. The second-order valence-electron chi connectivity index (χ2n) is 6.61. The van der Waals surface area contributed by atoms with Crippen molar-refractivity contribution in [1.82, 2.24) is 24.8 Å². The van der Waals surface area contributed by atoms with Gasteiger partial charge in [0.2, 0.25) is 0 Å². The third-order valence-corrected chi connectivity index (χ3v) is 4.68. The Morgan fingerprint density at radius 3 is 2.73 bits per heavy atom. The predicted molar refractivity (Wildman–Crippen MR) is 105 cm³/mol. The first-order valence-electron chi connectivity index (χ1n) is 9.21. The summed E-state index contributed by atoms with van der Waals surface area (Å²) in [4.78, 5) is 8.74. The molecule has 0 saturated carbocycles. The lowest BCUT2D eigenvalue weighted by Crippen LogP contribution is -2.09. The first kappa shape index (κ1) is 19.7. The van der Waals surface area contributed by atoms with E-state index < -0.39 is 11.7 Å². The summed E-state index contributed by atoms with van der Waals surface area (Å²) in [5, 5.41) is 10.7. The lowest BCUT2D eigenvalue weighted by molar-refractivity contribution is -0.137. The molecule has 8 nitrogen and oxygen atoms in total. The standard InChI is InChI=1S/C19H18F3N7O/c1-2-29-16-13(25-7-6-11-4-3-5-12(8-11)19(20,21)22)9-24-10-14(16)26-18(29)15-17(23)28-30-27-15/h3-5,8-10,25H,2,6-7H2,1H3,(H2,23,28). The summed E-state index contributed by atoms with van der Waals surface area (Å²) in [6.45, 7) is 2.94. The number of anilines is 2. The zero-order valence-corrected chi connectivity index (χ0v) is 15.9. The van der Waals surface area contributed by atoms with Crippen LogP contribution >= 0.6 is 0 Å². The van der Waals surface area contributed by atoms with Crippen LogP contribution in [-0.4, -0.2) is 31.4 Å². The van der Waals surface area contributed by atoms with Crippen molar-refractivity contribution in [2.75, 3.05) is 17.6 Å². The van der Waals surface area contributed by atoms with E-state index in [1.54, 1.807) is 18.5 Å². The largest absolute Gasteiger partial charge is 0.416 e. The van der Waals surface area contributed by atoms with E-state index in [1.165, 1.54) is 6.07 Å². The Morgan fingerprint density at radius 2 is 2.03 bits per heavy atom. The van der Waals surface area contributed by atoms with Gasteiger partial charge in [-0.1, -0.05) is 18.2 Å². The van der Waals surface area contributed by atoms with Crippen LogP contribution in [0.25, 0.3) is 22.6 Å². The second-order valence-corrected chi connectivity index (χ2v) is 6.61. The number of aryl methyl sites for hydroxylation is 1. The molecule has 3 aromatic heterocycles. The van der Waals surface area contributed by atoms with Crippen molar-refractivity contribution in [3.05, 3.63) is 47.8 Å². The Labute approximate surface area is 168 Å². The van der Waals surface area contributed by atoms with Crippen molar-refractivity contribution in [3.63, 3.8) is 0 Å². The van der Waals surface area contributed by atoms with Gasteiger partial charge < -0.3 is 15.6 Å². The zero-order chi connectivity index (χ0) is 21.3. The van der Waals surface area contributed by atoms with Crippen LogP contribution in [-0.2, 0) is 19.1 Å². The second kappa shape index (κ2) is 7.65. The SMILES string of the molecule is CCn1c(-c2nonc2N)nc2cncc(NCCc3cccc(C(F)(F)F)c3)c21. The van der Waals surface area contributed by atoms with E-state index in [9.17, 15) is 13.2 Å². The molecule has 0 aliphatic carbocycles. The number of hydrogen-bond acceptors (Lipinski definition) is 7. The van der Waals surface area contributed by atoms with Crippen LogP contribution in [0.5, 0.6) is 0 Å². The highest BCUT2D eigenvalue weighted by atomic mass is 19.4. The smallest absolute Gasteiger partial charge is 0.382 e. The number of benzene rings is 1. The lowest BCUT2D eigenvalue weighted by Gasteiger charge is -2.12. The first-order chi connectivity index (χ1) is 14.4. The minimum atomic E-state index is -4.36. The third-order valence-electron chi connectivity index (χ3n) is 4.68. The molecule has 4 rings (SSSR count). The molecular formula is C19H18F3N7O. The molecule has 0 radical (unpaired) electrons. The quantitative estimate of drug-likeness (QED) is 0.492. The summed E-state index contributed by atoms with van der Waals surface area (Å²) in [5.74, 6) is 0.632. The lowest BCUT2D eigenvalue weighted by atomic mass is 10.1. The summed E-state index contributed by atoms with van der Waals surface area (Å²) in [6.07, 6.45) is -0.683. The van der Waals surface area contributed by atoms with Gasteiger partial charge in [0.1, 0.15) is 5.52 Å². The van der Waals surface area contributed by atoms with Crippen molar-refractivity contribution in [1.29, 1.82) is 0 Å². The van der Waals surface area contributed by atoms with Gasteiger partial charge in [0.05, 0.1) is 29.2 Å². The fourth-order valence-electron chi connectivity index (χ4n) is 3.30. The van der Waals surface area contributed by atoms with Crippen LogP contribution in [0.1, 0.15) is 18.1 Å². The Hall–Kier alpha value is -3.63. The minimum absolute atomic E-state index is 0.132. The van der Waals surface area contributed by atoms with Crippen LogP contribution in [0.3, 0.4) is 0 Å². The Bertz CT molecular complexity index is 1180. The molecule has 0 fully saturated rings. The summed E-state index contributed by atoms with van der Waals surface area (Å²) in [5.41, 5.74) is 8.19. The van der Waals surface area contributed by atoms with Gasteiger partial charge in [0.15, 0.2) is 17.3 Å². The van der Waals surface area contributed by atoms with Gasteiger partial charge in [-0.15, -0.1) is 0 Å². The van der Waals surface area contributed by atoms with Gasteiger partial charge in [0.25, 0.3) is 0 Å². The fraction of sp³-hybridized carbons (Fsp3) is 0.263. The molecule has 4 aromatic rings. The number of nitrogens with two attached hydrogens (primary N) is 1. The molecule has 0 bridgehead atoms. The van der Waals surface area contributed by atoms with Crippen LogP contribution in [0.4, 0.5) is 24.7 Å². The van der Waals surface area contributed by atoms with Gasteiger partial charge in [-0.25, -0.2) is 9.61 Å². The number of aromatic nitrogens is 5. The minimum Gasteiger partial charge on any atom is -0.382 e. The number of nitrogens with one attached hydrogen (secondary N) is 1. The Balaban J connectivity index is 1.60. The average molecular weight is 417 g/mol. The zero-order valence-electron chi connectivity index (χ0n) is 15.9. The van der Waals surface area contributed by atoms with Crippen molar-refractivity contribution in [2.24, 2.45) is 0 Å². The molecule has 0 spiro atoms. The van der Waals surface area contributed by atoms with E-state index in [0.29, 0.717) is 47.8 Å².